The molecule has 1 aromatic rings. The summed E-state index contributed by atoms with van der Waals surface area (Å²) >= 11 is 0. The number of nitrogens with one attached hydrogen (secondary N) is 3. The van der Waals surface area contributed by atoms with E-state index in [2.05, 4.69) is 29.8 Å². The zero-order valence-electron chi connectivity index (χ0n) is 14.6. The van der Waals surface area contributed by atoms with E-state index in [0.717, 1.165) is 25.3 Å². The Labute approximate surface area is 145 Å². The number of carbonyl (C=O) groups is 2. The Morgan fingerprint density at radius 3 is 2.36 bits per heavy atom. The van der Waals surface area contributed by atoms with Crippen LogP contribution in [0.2, 0.25) is 0 Å². The summed E-state index contributed by atoms with van der Waals surface area (Å²) in [5, 5.41) is 7.08. The van der Waals surface area contributed by atoms with Gasteiger partial charge in [0.2, 0.25) is 5.91 Å². The van der Waals surface area contributed by atoms with Crippen LogP contribution in [-0.2, 0) is 4.79 Å². The molecule has 5 nitrogen and oxygen atoms in total. The fraction of sp³-hybridized carbons (Fsp3) is 0.529. The summed E-state index contributed by atoms with van der Waals surface area (Å²) in [4.78, 5) is 23.3. The maximum atomic E-state index is 13.4. The number of benzene rings is 1. The fourth-order valence-corrected chi connectivity index (χ4v) is 2.16. The normalized spacial score (nSPS) is 12.0. The van der Waals surface area contributed by atoms with Crippen LogP contribution < -0.4 is 16.0 Å². The van der Waals surface area contributed by atoms with Crippen LogP contribution in [0, 0.1) is 23.4 Å². The van der Waals surface area contributed by atoms with Gasteiger partial charge in [-0.1, -0.05) is 26.7 Å². The van der Waals surface area contributed by atoms with Gasteiger partial charge in [0, 0.05) is 6.04 Å². The Morgan fingerprint density at radius 1 is 1.04 bits per heavy atom. The van der Waals surface area contributed by atoms with Crippen LogP contribution in [0.5, 0.6) is 0 Å². The molecule has 0 radical (unpaired) electrons. The van der Waals surface area contributed by atoms with Gasteiger partial charge in [0.1, 0.15) is 0 Å². The van der Waals surface area contributed by atoms with E-state index in [1.54, 1.807) is 0 Å². The van der Waals surface area contributed by atoms with Gasteiger partial charge in [0.25, 0.3) is 0 Å². The smallest absolute Gasteiger partial charge is 0.315 e. The third kappa shape index (κ3) is 7.45. The van der Waals surface area contributed by atoms with Gasteiger partial charge in [-0.3, -0.25) is 4.79 Å². The van der Waals surface area contributed by atoms with Crippen molar-refractivity contribution in [3.63, 3.8) is 0 Å². The van der Waals surface area contributed by atoms with E-state index in [1.807, 2.05) is 6.92 Å². The largest absolute Gasteiger partial charge is 0.336 e. The molecule has 0 aliphatic carbocycles. The van der Waals surface area contributed by atoms with Crippen molar-refractivity contribution in [2.45, 2.75) is 46.1 Å². The summed E-state index contributed by atoms with van der Waals surface area (Å²) in [7, 11) is 0. The zero-order valence-corrected chi connectivity index (χ0v) is 14.6. The number of anilines is 1. The van der Waals surface area contributed by atoms with Gasteiger partial charge in [-0.15, -0.1) is 0 Å². The number of halogens is 3. The lowest BCUT2D eigenvalue weighted by atomic mass is 10.0. The van der Waals surface area contributed by atoms with E-state index in [1.165, 1.54) is 0 Å². The van der Waals surface area contributed by atoms with Gasteiger partial charge in [0.15, 0.2) is 17.5 Å². The van der Waals surface area contributed by atoms with Crippen LogP contribution in [0.3, 0.4) is 0 Å². The lowest BCUT2D eigenvalue weighted by molar-refractivity contribution is -0.115. The minimum absolute atomic E-state index is 0.0505. The molecule has 0 fully saturated rings. The first-order chi connectivity index (χ1) is 11.7. The Hall–Kier alpha value is -2.25. The Kier molecular flexibility index (Phi) is 8.24. The average molecular weight is 359 g/mol. The third-order valence-electron chi connectivity index (χ3n) is 3.51. The average Bonchev–Trinajstić information content (AvgIpc) is 2.53. The van der Waals surface area contributed by atoms with Gasteiger partial charge in [-0.05, 0) is 31.4 Å². The number of hydrogen-bond donors (Lipinski definition) is 3. The highest BCUT2D eigenvalue weighted by Crippen LogP contribution is 2.19. The van der Waals surface area contributed by atoms with E-state index in [4.69, 9.17) is 0 Å². The maximum absolute atomic E-state index is 13.4. The molecule has 1 rings (SSSR count). The van der Waals surface area contributed by atoms with Crippen molar-refractivity contribution in [3.05, 3.63) is 29.6 Å². The van der Waals surface area contributed by atoms with Crippen molar-refractivity contribution in [1.82, 2.24) is 10.6 Å². The molecule has 1 aromatic carbocycles. The van der Waals surface area contributed by atoms with Crippen molar-refractivity contribution in [2.24, 2.45) is 5.92 Å². The maximum Gasteiger partial charge on any atom is 0.315 e. The van der Waals surface area contributed by atoms with Gasteiger partial charge >= 0.3 is 6.03 Å². The first kappa shape index (κ1) is 20.8. The SMILES string of the molecule is CC(C)CCCC(C)NC(=O)NCC(=O)Nc1ccc(F)c(F)c1F. The monoisotopic (exact) mass is 359 g/mol. The van der Waals surface area contributed by atoms with Crippen LogP contribution in [-0.4, -0.2) is 24.5 Å². The predicted octanol–water partition coefficient (Wildman–Crippen LogP) is 3.56. The number of amides is 3. The van der Waals surface area contributed by atoms with Gasteiger partial charge < -0.3 is 16.0 Å². The molecule has 0 aliphatic heterocycles. The standard InChI is InChI=1S/C17H24F3N3O2/c1-10(2)5-4-6-11(3)22-17(25)21-9-14(24)23-13-8-7-12(18)15(19)16(13)20/h7-8,10-11H,4-6,9H2,1-3H3,(H,23,24)(H2,21,22,25). The number of hydrogen-bond acceptors (Lipinski definition) is 2. The summed E-state index contributed by atoms with van der Waals surface area (Å²) in [6.07, 6.45) is 2.86. The fourth-order valence-electron chi connectivity index (χ4n) is 2.16. The van der Waals surface area contributed by atoms with E-state index < -0.39 is 41.6 Å². The molecule has 1 atom stereocenters. The summed E-state index contributed by atoms with van der Waals surface area (Å²) in [6, 6.07) is 1.03. The van der Waals surface area contributed by atoms with Crippen molar-refractivity contribution >= 4 is 17.6 Å². The molecule has 25 heavy (non-hydrogen) atoms. The number of rotatable bonds is 8. The number of urea groups is 1. The minimum Gasteiger partial charge on any atom is -0.336 e. The van der Waals surface area contributed by atoms with Crippen LogP contribution in [0.1, 0.15) is 40.0 Å². The highest BCUT2D eigenvalue weighted by atomic mass is 19.2. The summed E-state index contributed by atoms with van der Waals surface area (Å²) < 4.78 is 39.3. The molecule has 8 heteroatoms. The molecule has 0 aliphatic rings. The Morgan fingerprint density at radius 2 is 1.72 bits per heavy atom. The molecule has 0 spiro atoms. The molecule has 3 N–H and O–H groups in total. The van der Waals surface area contributed by atoms with E-state index in [0.29, 0.717) is 12.0 Å². The Bertz CT molecular complexity index is 609. The van der Waals surface area contributed by atoms with Crippen LogP contribution in [0.4, 0.5) is 23.7 Å². The van der Waals surface area contributed by atoms with Gasteiger partial charge in [0.05, 0.1) is 12.2 Å². The molecule has 3 amide bonds. The molecule has 140 valence electrons. The summed E-state index contributed by atoms with van der Waals surface area (Å²) in [5.41, 5.74) is -0.492. The highest BCUT2D eigenvalue weighted by molar-refractivity contribution is 5.94. The molecular formula is C17H24F3N3O2. The second-order valence-electron chi connectivity index (χ2n) is 6.32. The van der Waals surface area contributed by atoms with E-state index in [9.17, 15) is 22.8 Å². The lowest BCUT2D eigenvalue weighted by Gasteiger charge is -2.15. The lowest BCUT2D eigenvalue weighted by Crippen LogP contribution is -2.43. The van der Waals surface area contributed by atoms with Crippen LogP contribution >= 0.6 is 0 Å². The van der Waals surface area contributed by atoms with Gasteiger partial charge in [-0.2, -0.15) is 0 Å². The van der Waals surface area contributed by atoms with Crippen molar-refractivity contribution in [1.29, 1.82) is 0 Å². The van der Waals surface area contributed by atoms with Crippen molar-refractivity contribution in [3.8, 4) is 0 Å². The Balaban J connectivity index is 2.36. The molecule has 0 saturated carbocycles. The van der Waals surface area contributed by atoms with Crippen molar-refractivity contribution < 1.29 is 22.8 Å². The first-order valence-corrected chi connectivity index (χ1v) is 8.18. The molecule has 0 bridgehead atoms. The van der Waals surface area contributed by atoms with E-state index >= 15 is 0 Å². The predicted molar refractivity (Wildman–Crippen MR) is 89.6 cm³/mol. The molecule has 0 saturated heterocycles. The second kappa shape index (κ2) is 9.90. The zero-order chi connectivity index (χ0) is 19.0. The van der Waals surface area contributed by atoms with E-state index in [-0.39, 0.29) is 6.04 Å². The van der Waals surface area contributed by atoms with Crippen molar-refractivity contribution in [2.75, 3.05) is 11.9 Å². The second-order valence-corrected chi connectivity index (χ2v) is 6.32. The van der Waals surface area contributed by atoms with Crippen LogP contribution in [0.25, 0.3) is 0 Å². The first-order valence-electron chi connectivity index (χ1n) is 8.18. The minimum atomic E-state index is -1.67. The quantitative estimate of drug-likeness (QED) is 0.621. The summed E-state index contributed by atoms with van der Waals surface area (Å²) in [6.45, 7) is 5.68. The van der Waals surface area contributed by atoms with Gasteiger partial charge in [-0.25, -0.2) is 18.0 Å². The third-order valence-corrected chi connectivity index (χ3v) is 3.51. The topological polar surface area (TPSA) is 70.2 Å². The molecular weight excluding hydrogens is 335 g/mol. The molecule has 1 unspecified atom stereocenters. The summed E-state index contributed by atoms with van der Waals surface area (Å²) in [5.74, 6) is -4.66. The molecule has 0 heterocycles. The molecule has 0 aromatic heterocycles. The number of carbonyl (C=O) groups excluding carboxylic acids is 2. The van der Waals surface area contributed by atoms with Crippen LogP contribution in [0.15, 0.2) is 12.1 Å². The highest BCUT2D eigenvalue weighted by Gasteiger charge is 2.15.